The van der Waals surface area contributed by atoms with Gasteiger partial charge in [-0.1, -0.05) is 18.2 Å². The van der Waals surface area contributed by atoms with Crippen molar-refractivity contribution >= 4 is 40.9 Å². The average molecular weight is 396 g/mol. The van der Waals surface area contributed by atoms with Crippen LogP contribution in [-0.4, -0.2) is 28.6 Å². The molecule has 1 heterocycles. The second kappa shape index (κ2) is 7.82. The van der Waals surface area contributed by atoms with E-state index < -0.39 is 11.8 Å². The summed E-state index contributed by atoms with van der Waals surface area (Å²) in [5.41, 5.74) is 3.03. The maximum Gasteiger partial charge on any atom is 0.270 e. The van der Waals surface area contributed by atoms with Crippen LogP contribution in [0.25, 0.3) is 6.08 Å². The molecule has 0 saturated carbocycles. The molecule has 0 atom stereocenters. The summed E-state index contributed by atoms with van der Waals surface area (Å²) in [6.45, 7) is 6.01. The molecule has 144 valence electrons. The lowest BCUT2D eigenvalue weighted by Gasteiger charge is -2.30. The summed E-state index contributed by atoms with van der Waals surface area (Å²) in [5.74, 6) is -0.805. The monoisotopic (exact) mass is 396 g/mol. The van der Waals surface area contributed by atoms with Crippen LogP contribution in [0.1, 0.15) is 23.6 Å². The van der Waals surface area contributed by atoms with Crippen molar-refractivity contribution in [2.45, 2.75) is 20.8 Å². The Balaban J connectivity index is 2.04. The van der Waals surface area contributed by atoms with E-state index in [1.54, 1.807) is 25.1 Å². The molecule has 0 aromatic heterocycles. The largest absolute Gasteiger partial charge is 0.504 e. The van der Waals surface area contributed by atoms with Crippen LogP contribution in [-0.2, 0) is 9.59 Å². The van der Waals surface area contributed by atoms with E-state index >= 15 is 0 Å². The highest BCUT2D eigenvalue weighted by Crippen LogP contribution is 2.30. The molecule has 28 heavy (non-hydrogen) atoms. The first-order valence-electron chi connectivity index (χ1n) is 8.77. The van der Waals surface area contributed by atoms with Gasteiger partial charge in [-0.2, -0.15) is 0 Å². The number of aromatic hydroxyl groups is 1. The summed E-state index contributed by atoms with van der Waals surface area (Å²) in [5, 5.41) is 12.5. The third kappa shape index (κ3) is 3.61. The lowest BCUT2D eigenvalue weighted by molar-refractivity contribution is -0.122. The van der Waals surface area contributed by atoms with Gasteiger partial charge in [0.1, 0.15) is 5.57 Å². The van der Waals surface area contributed by atoms with E-state index in [1.165, 1.54) is 17.0 Å². The maximum atomic E-state index is 13.1. The molecule has 2 aromatic rings. The van der Waals surface area contributed by atoms with Crippen molar-refractivity contribution in [1.82, 2.24) is 5.32 Å². The third-order valence-electron chi connectivity index (χ3n) is 4.51. The standard InChI is InChI=1S/C21H20N2O4S/c1-4-27-18-11-14(8-9-17(18)24)10-15-19(25)22-21(28)23(20(15)26)16-7-5-6-12(2)13(16)3/h5-11,24H,4H2,1-3H3,(H,22,25,28)/b15-10-. The third-order valence-corrected chi connectivity index (χ3v) is 4.80. The fourth-order valence-electron chi connectivity index (χ4n) is 2.91. The van der Waals surface area contributed by atoms with E-state index in [9.17, 15) is 14.7 Å². The minimum Gasteiger partial charge on any atom is -0.504 e. The van der Waals surface area contributed by atoms with Gasteiger partial charge in [-0.15, -0.1) is 0 Å². The zero-order valence-corrected chi connectivity index (χ0v) is 16.6. The molecule has 0 spiro atoms. The SMILES string of the molecule is CCOc1cc(/C=C2/C(=O)NC(=S)N(c3cccc(C)c3C)C2=O)ccc1O. The molecular formula is C21H20N2O4S. The van der Waals surface area contributed by atoms with Gasteiger partial charge >= 0.3 is 0 Å². The molecule has 2 amide bonds. The van der Waals surface area contributed by atoms with Gasteiger partial charge in [-0.05, 0) is 74.0 Å². The van der Waals surface area contributed by atoms with Crippen LogP contribution in [0.2, 0.25) is 0 Å². The number of nitrogens with one attached hydrogen (secondary N) is 1. The molecule has 6 nitrogen and oxygen atoms in total. The van der Waals surface area contributed by atoms with Crippen LogP contribution in [0.4, 0.5) is 5.69 Å². The summed E-state index contributed by atoms with van der Waals surface area (Å²) in [7, 11) is 0. The van der Waals surface area contributed by atoms with E-state index in [0.717, 1.165) is 11.1 Å². The van der Waals surface area contributed by atoms with Crippen LogP contribution in [0, 0.1) is 13.8 Å². The van der Waals surface area contributed by atoms with Gasteiger partial charge in [-0.3, -0.25) is 19.8 Å². The van der Waals surface area contributed by atoms with Gasteiger partial charge in [0.25, 0.3) is 11.8 Å². The highest BCUT2D eigenvalue weighted by molar-refractivity contribution is 7.80. The number of nitrogens with zero attached hydrogens (tertiary/aromatic N) is 1. The zero-order chi connectivity index (χ0) is 20.4. The fourth-order valence-corrected chi connectivity index (χ4v) is 3.19. The predicted molar refractivity (Wildman–Crippen MR) is 111 cm³/mol. The molecule has 0 aliphatic carbocycles. The highest BCUT2D eigenvalue weighted by Gasteiger charge is 2.35. The normalized spacial score (nSPS) is 15.8. The van der Waals surface area contributed by atoms with Crippen molar-refractivity contribution in [3.8, 4) is 11.5 Å². The lowest BCUT2D eigenvalue weighted by atomic mass is 10.0. The summed E-state index contributed by atoms with van der Waals surface area (Å²) in [4.78, 5) is 26.9. The number of carbonyl (C=O) groups excluding carboxylic acids is 2. The Kier molecular flexibility index (Phi) is 5.46. The van der Waals surface area contributed by atoms with Gasteiger partial charge in [0.05, 0.1) is 12.3 Å². The van der Waals surface area contributed by atoms with Gasteiger partial charge in [-0.25, -0.2) is 0 Å². The van der Waals surface area contributed by atoms with E-state index in [-0.39, 0.29) is 22.2 Å². The second-order valence-electron chi connectivity index (χ2n) is 6.34. The zero-order valence-electron chi connectivity index (χ0n) is 15.8. The predicted octanol–water partition coefficient (Wildman–Crippen LogP) is 3.24. The number of anilines is 1. The topological polar surface area (TPSA) is 78.9 Å². The number of benzene rings is 2. The number of ether oxygens (including phenoxy) is 1. The number of amides is 2. The van der Waals surface area contributed by atoms with Crippen molar-refractivity contribution < 1.29 is 19.4 Å². The summed E-state index contributed by atoms with van der Waals surface area (Å²) < 4.78 is 5.36. The van der Waals surface area contributed by atoms with E-state index in [1.807, 2.05) is 26.0 Å². The Morgan fingerprint density at radius 2 is 1.96 bits per heavy atom. The maximum absolute atomic E-state index is 13.1. The molecule has 1 aliphatic rings. The quantitative estimate of drug-likeness (QED) is 0.471. The summed E-state index contributed by atoms with van der Waals surface area (Å²) >= 11 is 5.25. The number of phenolic OH excluding ortho intramolecular Hbond substituents is 1. The number of phenols is 1. The summed E-state index contributed by atoms with van der Waals surface area (Å²) in [6.07, 6.45) is 1.46. The molecule has 1 saturated heterocycles. The molecule has 0 radical (unpaired) electrons. The molecule has 0 unspecified atom stereocenters. The van der Waals surface area contributed by atoms with Crippen LogP contribution in [0.5, 0.6) is 11.5 Å². The molecule has 3 rings (SSSR count). The minimum atomic E-state index is -0.567. The van der Waals surface area contributed by atoms with Gasteiger partial charge in [0.15, 0.2) is 16.6 Å². The molecule has 2 aromatic carbocycles. The van der Waals surface area contributed by atoms with Crippen molar-refractivity contribution in [3.63, 3.8) is 0 Å². The van der Waals surface area contributed by atoms with Crippen molar-refractivity contribution in [2.24, 2.45) is 0 Å². The van der Waals surface area contributed by atoms with Crippen molar-refractivity contribution in [1.29, 1.82) is 0 Å². The fraction of sp³-hybridized carbons (Fsp3) is 0.190. The Labute approximate surface area is 168 Å². The van der Waals surface area contributed by atoms with E-state index in [0.29, 0.717) is 17.9 Å². The lowest BCUT2D eigenvalue weighted by Crippen LogP contribution is -2.54. The van der Waals surface area contributed by atoms with E-state index in [2.05, 4.69) is 5.32 Å². The molecular weight excluding hydrogens is 376 g/mol. The van der Waals surface area contributed by atoms with Crippen LogP contribution in [0.15, 0.2) is 42.0 Å². The van der Waals surface area contributed by atoms with E-state index in [4.69, 9.17) is 17.0 Å². The number of rotatable bonds is 4. The van der Waals surface area contributed by atoms with Crippen LogP contribution < -0.4 is 15.0 Å². The number of carbonyl (C=O) groups is 2. The molecule has 0 bridgehead atoms. The van der Waals surface area contributed by atoms with Gasteiger partial charge < -0.3 is 9.84 Å². The Hall–Kier alpha value is -3.19. The van der Waals surface area contributed by atoms with Crippen LogP contribution >= 0.6 is 12.2 Å². The first-order chi connectivity index (χ1) is 13.3. The first-order valence-corrected chi connectivity index (χ1v) is 9.17. The Morgan fingerprint density at radius 1 is 1.21 bits per heavy atom. The summed E-state index contributed by atoms with van der Waals surface area (Å²) in [6, 6.07) is 10.2. The Morgan fingerprint density at radius 3 is 2.68 bits per heavy atom. The second-order valence-corrected chi connectivity index (χ2v) is 6.72. The van der Waals surface area contributed by atoms with Crippen LogP contribution in [0.3, 0.4) is 0 Å². The number of aryl methyl sites for hydroxylation is 1. The number of hydrogen-bond donors (Lipinski definition) is 2. The van der Waals surface area contributed by atoms with Gasteiger partial charge in [0.2, 0.25) is 0 Å². The van der Waals surface area contributed by atoms with Crippen molar-refractivity contribution in [2.75, 3.05) is 11.5 Å². The molecule has 2 N–H and O–H groups in total. The highest BCUT2D eigenvalue weighted by atomic mass is 32.1. The smallest absolute Gasteiger partial charge is 0.270 e. The first kappa shape index (κ1) is 19.6. The van der Waals surface area contributed by atoms with Gasteiger partial charge in [0, 0.05) is 0 Å². The van der Waals surface area contributed by atoms with Crippen molar-refractivity contribution in [3.05, 3.63) is 58.7 Å². The Bertz CT molecular complexity index is 1010. The number of thiocarbonyl (C=S) groups is 1. The number of hydrogen-bond acceptors (Lipinski definition) is 5. The molecule has 7 heteroatoms. The minimum absolute atomic E-state index is 0.0124. The molecule has 1 aliphatic heterocycles. The average Bonchev–Trinajstić information content (AvgIpc) is 2.64. The molecule has 1 fully saturated rings.